The van der Waals surface area contributed by atoms with Crippen LogP contribution in [0.15, 0.2) is 60.7 Å². The van der Waals surface area contributed by atoms with Crippen molar-refractivity contribution in [1.82, 2.24) is 4.90 Å². The zero-order valence-corrected chi connectivity index (χ0v) is 12.4. The molecule has 1 saturated heterocycles. The summed E-state index contributed by atoms with van der Waals surface area (Å²) in [5.41, 5.74) is 2.71. The number of likely N-dealkylation sites (tertiary alicyclic amines) is 1. The van der Waals surface area contributed by atoms with Crippen LogP contribution >= 0.6 is 0 Å². The lowest BCUT2D eigenvalue weighted by molar-refractivity contribution is 0.0414. The van der Waals surface area contributed by atoms with Crippen molar-refractivity contribution in [3.63, 3.8) is 0 Å². The minimum Gasteiger partial charge on any atom is -0.393 e. The quantitative estimate of drug-likeness (QED) is 0.920. The third-order valence-electron chi connectivity index (χ3n) is 4.40. The van der Waals surface area contributed by atoms with E-state index in [0.29, 0.717) is 6.04 Å². The van der Waals surface area contributed by atoms with Crippen LogP contribution in [-0.2, 0) is 6.42 Å². The van der Waals surface area contributed by atoms with Crippen LogP contribution in [0.25, 0.3) is 0 Å². The standard InChI is InChI=1S/C19H23NO.CH4/c21-18-12-14-20(13-11-16-7-3-1-4-8-16)19(15-18)17-9-5-2-6-10-17;/h1-10,18-19,21H,11-15H2;1H4. The van der Waals surface area contributed by atoms with Crippen molar-refractivity contribution >= 4 is 0 Å². The number of nitrogens with zero attached hydrogens (tertiary/aromatic N) is 1. The molecule has 3 rings (SSSR count). The average Bonchev–Trinajstić information content (AvgIpc) is 2.55. The summed E-state index contributed by atoms with van der Waals surface area (Å²) in [6.07, 6.45) is 2.64. The van der Waals surface area contributed by atoms with Gasteiger partial charge in [0.15, 0.2) is 0 Å². The summed E-state index contributed by atoms with van der Waals surface area (Å²) in [4.78, 5) is 2.52. The van der Waals surface area contributed by atoms with Gasteiger partial charge in [0.1, 0.15) is 0 Å². The Balaban J connectivity index is 0.00000176. The molecular formula is C20H27NO. The Morgan fingerprint density at radius 1 is 0.955 bits per heavy atom. The van der Waals surface area contributed by atoms with Gasteiger partial charge >= 0.3 is 0 Å². The van der Waals surface area contributed by atoms with Crippen molar-refractivity contribution < 1.29 is 5.11 Å². The van der Waals surface area contributed by atoms with E-state index in [9.17, 15) is 5.11 Å². The SMILES string of the molecule is C.OC1CCN(CCc2ccccc2)C(c2ccccc2)C1. The van der Waals surface area contributed by atoms with Crippen molar-refractivity contribution in [2.24, 2.45) is 0 Å². The predicted molar refractivity (Wildman–Crippen MR) is 92.9 cm³/mol. The van der Waals surface area contributed by atoms with Crippen LogP contribution in [0.2, 0.25) is 0 Å². The maximum absolute atomic E-state index is 10.0. The van der Waals surface area contributed by atoms with Gasteiger partial charge in [-0.15, -0.1) is 0 Å². The summed E-state index contributed by atoms with van der Waals surface area (Å²) in [6, 6.07) is 21.6. The second-order valence-electron chi connectivity index (χ2n) is 5.88. The normalized spacial score (nSPS) is 22.0. The van der Waals surface area contributed by atoms with Gasteiger partial charge in [-0.2, -0.15) is 0 Å². The Morgan fingerprint density at radius 2 is 1.59 bits per heavy atom. The number of aliphatic hydroxyl groups is 1. The van der Waals surface area contributed by atoms with Crippen molar-refractivity contribution in [3.05, 3.63) is 71.8 Å². The minimum absolute atomic E-state index is 0. The van der Waals surface area contributed by atoms with Gasteiger partial charge in [0.05, 0.1) is 6.10 Å². The molecule has 2 nitrogen and oxygen atoms in total. The van der Waals surface area contributed by atoms with Crippen LogP contribution in [0.1, 0.15) is 37.4 Å². The number of piperidine rings is 1. The maximum Gasteiger partial charge on any atom is 0.0570 e. The van der Waals surface area contributed by atoms with Gasteiger partial charge in [-0.25, -0.2) is 0 Å². The summed E-state index contributed by atoms with van der Waals surface area (Å²) in [5.74, 6) is 0. The van der Waals surface area contributed by atoms with Crippen LogP contribution in [-0.4, -0.2) is 29.2 Å². The highest BCUT2D eigenvalue weighted by Crippen LogP contribution is 2.31. The first-order chi connectivity index (χ1) is 10.3. The van der Waals surface area contributed by atoms with Gasteiger partial charge in [0, 0.05) is 19.1 Å². The Labute approximate surface area is 134 Å². The monoisotopic (exact) mass is 297 g/mol. The van der Waals surface area contributed by atoms with E-state index >= 15 is 0 Å². The van der Waals surface area contributed by atoms with Gasteiger partial charge in [-0.3, -0.25) is 4.90 Å². The molecule has 0 aromatic heterocycles. The number of rotatable bonds is 4. The molecule has 1 fully saturated rings. The van der Waals surface area contributed by atoms with Crippen LogP contribution < -0.4 is 0 Å². The Hall–Kier alpha value is -1.64. The van der Waals surface area contributed by atoms with Crippen LogP contribution in [0.3, 0.4) is 0 Å². The molecular weight excluding hydrogens is 270 g/mol. The molecule has 22 heavy (non-hydrogen) atoms. The van der Waals surface area contributed by atoms with Crippen LogP contribution in [0.5, 0.6) is 0 Å². The number of hydrogen-bond donors (Lipinski definition) is 1. The molecule has 2 heteroatoms. The highest BCUT2D eigenvalue weighted by atomic mass is 16.3. The summed E-state index contributed by atoms with van der Waals surface area (Å²) in [5, 5.41) is 10.0. The smallest absolute Gasteiger partial charge is 0.0570 e. The second kappa shape index (κ2) is 8.11. The first kappa shape index (κ1) is 16.7. The van der Waals surface area contributed by atoms with E-state index in [1.807, 2.05) is 0 Å². The van der Waals surface area contributed by atoms with E-state index in [1.54, 1.807) is 0 Å². The van der Waals surface area contributed by atoms with E-state index in [2.05, 4.69) is 65.6 Å². The van der Waals surface area contributed by atoms with Gasteiger partial charge in [0.2, 0.25) is 0 Å². The highest BCUT2D eigenvalue weighted by molar-refractivity contribution is 5.20. The lowest BCUT2D eigenvalue weighted by atomic mass is 9.93. The van der Waals surface area contributed by atoms with Gasteiger partial charge in [-0.1, -0.05) is 68.1 Å². The molecule has 2 atom stereocenters. The number of aliphatic hydroxyl groups excluding tert-OH is 1. The third kappa shape index (κ3) is 4.19. The molecule has 1 aliphatic rings. The molecule has 0 amide bonds. The van der Waals surface area contributed by atoms with Crippen molar-refractivity contribution in [2.75, 3.05) is 13.1 Å². The highest BCUT2D eigenvalue weighted by Gasteiger charge is 2.28. The van der Waals surface area contributed by atoms with E-state index < -0.39 is 0 Å². The molecule has 0 spiro atoms. The molecule has 1 N–H and O–H groups in total. The van der Waals surface area contributed by atoms with Crippen molar-refractivity contribution in [2.45, 2.75) is 38.8 Å². The Morgan fingerprint density at radius 3 is 2.27 bits per heavy atom. The van der Waals surface area contributed by atoms with Gasteiger partial charge < -0.3 is 5.11 Å². The fourth-order valence-corrected chi connectivity index (χ4v) is 3.20. The third-order valence-corrected chi connectivity index (χ3v) is 4.40. The molecule has 0 radical (unpaired) electrons. The van der Waals surface area contributed by atoms with E-state index in [1.165, 1.54) is 11.1 Å². The largest absolute Gasteiger partial charge is 0.393 e. The molecule has 1 aliphatic heterocycles. The average molecular weight is 297 g/mol. The molecule has 1 heterocycles. The molecule has 2 aromatic rings. The molecule has 2 aromatic carbocycles. The maximum atomic E-state index is 10.0. The van der Waals surface area contributed by atoms with Gasteiger partial charge in [0.25, 0.3) is 0 Å². The lowest BCUT2D eigenvalue weighted by Crippen LogP contribution is -2.39. The first-order valence-electron chi connectivity index (χ1n) is 7.84. The van der Waals surface area contributed by atoms with Crippen molar-refractivity contribution in [3.8, 4) is 0 Å². The summed E-state index contributed by atoms with van der Waals surface area (Å²) in [7, 11) is 0. The zero-order valence-electron chi connectivity index (χ0n) is 12.4. The predicted octanol–water partition coefficient (Wildman–Crippen LogP) is 4.06. The molecule has 2 unspecified atom stereocenters. The van der Waals surface area contributed by atoms with Crippen molar-refractivity contribution in [1.29, 1.82) is 0 Å². The molecule has 0 aliphatic carbocycles. The van der Waals surface area contributed by atoms with E-state index in [0.717, 1.165) is 32.4 Å². The second-order valence-corrected chi connectivity index (χ2v) is 5.88. The molecule has 0 saturated carbocycles. The zero-order chi connectivity index (χ0) is 14.5. The topological polar surface area (TPSA) is 23.5 Å². The molecule has 0 bridgehead atoms. The first-order valence-corrected chi connectivity index (χ1v) is 7.84. The Kier molecular flexibility index (Phi) is 6.17. The van der Waals surface area contributed by atoms with E-state index in [-0.39, 0.29) is 13.5 Å². The summed E-state index contributed by atoms with van der Waals surface area (Å²) < 4.78 is 0. The van der Waals surface area contributed by atoms with Crippen LogP contribution in [0, 0.1) is 0 Å². The van der Waals surface area contributed by atoms with Crippen LogP contribution in [0.4, 0.5) is 0 Å². The molecule has 118 valence electrons. The lowest BCUT2D eigenvalue weighted by Gasteiger charge is -2.38. The number of hydrogen-bond acceptors (Lipinski definition) is 2. The Bertz CT molecular complexity index is 540. The van der Waals surface area contributed by atoms with Gasteiger partial charge in [-0.05, 0) is 30.4 Å². The fraction of sp³-hybridized carbons (Fsp3) is 0.400. The fourth-order valence-electron chi connectivity index (χ4n) is 3.20. The minimum atomic E-state index is -0.164. The summed E-state index contributed by atoms with van der Waals surface area (Å²) in [6.45, 7) is 2.03. The van der Waals surface area contributed by atoms with E-state index in [4.69, 9.17) is 0 Å². The number of benzene rings is 2. The summed E-state index contributed by atoms with van der Waals surface area (Å²) >= 11 is 0.